The lowest BCUT2D eigenvalue weighted by atomic mass is 10.2. The summed E-state index contributed by atoms with van der Waals surface area (Å²) >= 11 is 0. The first-order chi connectivity index (χ1) is 7.16. The highest BCUT2D eigenvalue weighted by Gasteiger charge is 2.37. The quantitative estimate of drug-likeness (QED) is 0.734. The van der Waals surface area contributed by atoms with Crippen LogP contribution in [0.25, 0.3) is 0 Å². The Morgan fingerprint density at radius 2 is 2.20 bits per heavy atom. The SMILES string of the molecule is Cc1nn(C)c2c1NC(=O)CN2C1CC1. The Hall–Kier alpha value is -1.52. The summed E-state index contributed by atoms with van der Waals surface area (Å²) in [6, 6.07) is 0.546. The molecule has 0 aromatic carbocycles. The molecule has 5 nitrogen and oxygen atoms in total. The number of nitrogens with zero attached hydrogens (tertiary/aromatic N) is 3. The molecule has 0 unspecified atom stereocenters. The molecule has 1 N–H and O–H groups in total. The standard InChI is InChI=1S/C10H14N4O/c1-6-9-10(13(2)12-6)14(7-3-4-7)5-8(15)11-9/h7H,3-5H2,1-2H3,(H,11,15). The maximum Gasteiger partial charge on any atom is 0.244 e. The van der Waals surface area contributed by atoms with Crippen LogP contribution in [0, 0.1) is 6.92 Å². The third kappa shape index (κ3) is 1.22. The van der Waals surface area contributed by atoms with Crippen LogP contribution in [-0.2, 0) is 11.8 Å². The van der Waals surface area contributed by atoms with Gasteiger partial charge in [0.15, 0.2) is 5.82 Å². The van der Waals surface area contributed by atoms with Crippen molar-refractivity contribution in [2.45, 2.75) is 25.8 Å². The molecular weight excluding hydrogens is 192 g/mol. The molecule has 0 atom stereocenters. The molecule has 5 heteroatoms. The molecule has 2 aliphatic rings. The van der Waals surface area contributed by atoms with Crippen LogP contribution < -0.4 is 10.2 Å². The smallest absolute Gasteiger partial charge is 0.244 e. The molecule has 1 aliphatic heterocycles. The van der Waals surface area contributed by atoms with E-state index in [1.165, 1.54) is 12.8 Å². The number of hydrogen-bond acceptors (Lipinski definition) is 3. The molecule has 80 valence electrons. The van der Waals surface area contributed by atoms with Crippen LogP contribution in [0.15, 0.2) is 0 Å². The van der Waals surface area contributed by atoms with E-state index in [1.54, 1.807) is 0 Å². The van der Waals surface area contributed by atoms with Crippen molar-refractivity contribution in [3.05, 3.63) is 5.69 Å². The molecule has 1 aromatic heterocycles. The number of amides is 1. The van der Waals surface area contributed by atoms with Crippen molar-refractivity contribution in [2.75, 3.05) is 16.8 Å². The van der Waals surface area contributed by atoms with Gasteiger partial charge < -0.3 is 10.2 Å². The molecule has 0 saturated heterocycles. The highest BCUT2D eigenvalue weighted by Crippen LogP contribution is 2.38. The Morgan fingerprint density at radius 3 is 2.87 bits per heavy atom. The first-order valence-electron chi connectivity index (χ1n) is 5.27. The molecule has 3 rings (SSSR count). The van der Waals surface area contributed by atoms with Crippen molar-refractivity contribution in [3.8, 4) is 0 Å². The lowest BCUT2D eigenvalue weighted by Crippen LogP contribution is -2.40. The number of aryl methyl sites for hydroxylation is 2. The molecule has 0 spiro atoms. The third-order valence-corrected chi connectivity index (χ3v) is 3.03. The number of aromatic nitrogens is 2. The van der Waals surface area contributed by atoms with Gasteiger partial charge in [-0.3, -0.25) is 9.48 Å². The number of carbonyl (C=O) groups is 1. The Balaban J connectivity index is 2.11. The second-order valence-corrected chi connectivity index (χ2v) is 4.31. The van der Waals surface area contributed by atoms with Gasteiger partial charge in [-0.05, 0) is 19.8 Å². The van der Waals surface area contributed by atoms with E-state index in [0.717, 1.165) is 17.2 Å². The van der Waals surface area contributed by atoms with Gasteiger partial charge in [-0.25, -0.2) is 0 Å². The monoisotopic (exact) mass is 206 g/mol. The number of fused-ring (bicyclic) bond motifs is 1. The van der Waals surface area contributed by atoms with E-state index in [2.05, 4.69) is 15.3 Å². The van der Waals surface area contributed by atoms with Gasteiger partial charge in [0.2, 0.25) is 5.91 Å². The van der Waals surface area contributed by atoms with Gasteiger partial charge in [0.05, 0.1) is 12.2 Å². The summed E-state index contributed by atoms with van der Waals surface area (Å²) in [5.74, 6) is 1.14. The zero-order valence-corrected chi connectivity index (χ0v) is 8.95. The summed E-state index contributed by atoms with van der Waals surface area (Å²) in [5, 5.41) is 7.25. The zero-order valence-electron chi connectivity index (χ0n) is 8.95. The Morgan fingerprint density at radius 1 is 1.47 bits per heavy atom. The molecule has 1 saturated carbocycles. The molecule has 1 aromatic rings. The van der Waals surface area contributed by atoms with Crippen LogP contribution in [0.5, 0.6) is 0 Å². The van der Waals surface area contributed by atoms with Crippen LogP contribution >= 0.6 is 0 Å². The second-order valence-electron chi connectivity index (χ2n) is 4.31. The van der Waals surface area contributed by atoms with Crippen LogP contribution in [0.3, 0.4) is 0 Å². The summed E-state index contributed by atoms with van der Waals surface area (Å²) in [6.45, 7) is 2.39. The lowest BCUT2D eigenvalue weighted by Gasteiger charge is -2.29. The fourth-order valence-corrected chi connectivity index (χ4v) is 2.22. The molecule has 1 fully saturated rings. The Labute approximate surface area is 88.1 Å². The van der Waals surface area contributed by atoms with E-state index in [4.69, 9.17) is 0 Å². The molecule has 0 radical (unpaired) electrons. The first kappa shape index (κ1) is 8.76. The topological polar surface area (TPSA) is 50.2 Å². The predicted molar refractivity (Wildman–Crippen MR) is 56.9 cm³/mol. The van der Waals surface area contributed by atoms with E-state index < -0.39 is 0 Å². The van der Waals surface area contributed by atoms with Crippen LogP contribution in [-0.4, -0.2) is 28.3 Å². The maximum atomic E-state index is 11.5. The van der Waals surface area contributed by atoms with Gasteiger partial charge in [0, 0.05) is 13.1 Å². The zero-order chi connectivity index (χ0) is 10.6. The minimum Gasteiger partial charge on any atom is -0.343 e. The fraction of sp³-hybridized carbons (Fsp3) is 0.600. The summed E-state index contributed by atoms with van der Waals surface area (Å²) in [5.41, 5.74) is 1.78. The minimum atomic E-state index is 0.0745. The van der Waals surface area contributed by atoms with Crippen molar-refractivity contribution in [1.82, 2.24) is 9.78 Å². The average Bonchev–Trinajstić information content (AvgIpc) is 2.95. The summed E-state index contributed by atoms with van der Waals surface area (Å²) < 4.78 is 1.86. The van der Waals surface area contributed by atoms with Gasteiger partial charge in [-0.2, -0.15) is 5.10 Å². The minimum absolute atomic E-state index is 0.0745. The highest BCUT2D eigenvalue weighted by molar-refractivity contribution is 6.01. The van der Waals surface area contributed by atoms with Crippen LogP contribution in [0.4, 0.5) is 11.5 Å². The lowest BCUT2D eigenvalue weighted by molar-refractivity contribution is -0.115. The number of carbonyl (C=O) groups excluding carboxylic acids is 1. The van der Waals surface area contributed by atoms with Crippen molar-refractivity contribution in [2.24, 2.45) is 7.05 Å². The Kier molecular flexibility index (Phi) is 1.60. The first-order valence-corrected chi connectivity index (χ1v) is 5.27. The van der Waals surface area contributed by atoms with Crippen LogP contribution in [0.2, 0.25) is 0 Å². The highest BCUT2D eigenvalue weighted by atomic mass is 16.2. The van der Waals surface area contributed by atoms with Crippen molar-refractivity contribution < 1.29 is 4.79 Å². The van der Waals surface area contributed by atoms with E-state index in [9.17, 15) is 4.79 Å². The second kappa shape index (κ2) is 2.74. The summed E-state index contributed by atoms with van der Waals surface area (Å²) in [7, 11) is 1.93. The Bertz CT molecular complexity index is 433. The number of hydrogen-bond donors (Lipinski definition) is 1. The summed E-state index contributed by atoms with van der Waals surface area (Å²) in [4.78, 5) is 13.7. The molecule has 0 bridgehead atoms. The number of nitrogens with one attached hydrogen (secondary N) is 1. The number of rotatable bonds is 1. The van der Waals surface area contributed by atoms with Crippen molar-refractivity contribution in [1.29, 1.82) is 0 Å². The average molecular weight is 206 g/mol. The van der Waals surface area contributed by atoms with E-state index >= 15 is 0 Å². The summed E-state index contributed by atoms with van der Waals surface area (Å²) in [6.07, 6.45) is 2.38. The van der Waals surface area contributed by atoms with Crippen molar-refractivity contribution in [3.63, 3.8) is 0 Å². The molecule has 15 heavy (non-hydrogen) atoms. The van der Waals surface area contributed by atoms with Gasteiger partial charge in [-0.1, -0.05) is 0 Å². The van der Waals surface area contributed by atoms with Gasteiger partial charge in [0.25, 0.3) is 0 Å². The van der Waals surface area contributed by atoms with Gasteiger partial charge in [0.1, 0.15) is 5.69 Å². The number of anilines is 2. The van der Waals surface area contributed by atoms with Crippen LogP contribution in [0.1, 0.15) is 18.5 Å². The largest absolute Gasteiger partial charge is 0.343 e. The maximum absolute atomic E-state index is 11.5. The molecular formula is C10H14N4O. The fourth-order valence-electron chi connectivity index (χ4n) is 2.22. The normalized spacial score (nSPS) is 20.1. The third-order valence-electron chi connectivity index (χ3n) is 3.03. The van der Waals surface area contributed by atoms with E-state index in [0.29, 0.717) is 12.6 Å². The predicted octanol–water partition coefficient (Wildman–Crippen LogP) is 0.649. The molecule has 1 aliphatic carbocycles. The molecule has 1 amide bonds. The van der Waals surface area contributed by atoms with E-state index in [-0.39, 0.29) is 5.91 Å². The van der Waals surface area contributed by atoms with Gasteiger partial charge >= 0.3 is 0 Å². The van der Waals surface area contributed by atoms with E-state index in [1.807, 2.05) is 18.7 Å². The van der Waals surface area contributed by atoms with Crippen molar-refractivity contribution >= 4 is 17.4 Å². The molecule has 2 heterocycles. The van der Waals surface area contributed by atoms with Gasteiger partial charge in [-0.15, -0.1) is 0 Å².